The van der Waals surface area contributed by atoms with E-state index in [0.717, 1.165) is 18.7 Å². The average molecular weight is 341 g/mol. The highest BCUT2D eigenvalue weighted by Crippen LogP contribution is 2.18. The molecule has 1 N–H and O–H groups in total. The number of halogens is 3. The molecular weight excluding hydrogens is 325 g/mol. The Morgan fingerprint density at radius 1 is 1.45 bits per heavy atom. The van der Waals surface area contributed by atoms with Gasteiger partial charge < -0.3 is 10.1 Å². The molecule has 1 aliphatic heterocycles. The van der Waals surface area contributed by atoms with Crippen LogP contribution in [0.15, 0.2) is 12.1 Å². The predicted octanol–water partition coefficient (Wildman–Crippen LogP) is 2.05. The fraction of sp³-hybridized carbons (Fsp3) is 0.500. The molecule has 0 unspecified atom stereocenters. The lowest BCUT2D eigenvalue weighted by Crippen LogP contribution is -2.39. The Morgan fingerprint density at radius 3 is 2.75 bits per heavy atom. The van der Waals surface area contributed by atoms with E-state index in [1.807, 2.05) is 0 Å². The molecule has 2 rings (SSSR count). The normalized spacial score (nSPS) is 14.1. The summed E-state index contributed by atoms with van der Waals surface area (Å²) in [6.07, 6.45) is 1.22. The molecule has 0 aliphatic carbocycles. The van der Waals surface area contributed by atoms with Gasteiger partial charge in [0.05, 0.1) is 0 Å². The fourth-order valence-electron chi connectivity index (χ4n) is 1.57. The van der Waals surface area contributed by atoms with Crippen LogP contribution in [0.2, 0.25) is 5.15 Å². The van der Waals surface area contributed by atoms with Gasteiger partial charge >= 0.3 is 0 Å². The summed E-state index contributed by atoms with van der Waals surface area (Å²) in [6.45, 7) is 2.97. The van der Waals surface area contributed by atoms with Gasteiger partial charge in [0.2, 0.25) is 11.8 Å². The monoisotopic (exact) mass is 339 g/mol. The number of hydrogen-bond donors (Lipinski definition) is 1. The zero-order valence-electron chi connectivity index (χ0n) is 10.8. The molecule has 0 spiro atoms. The molecule has 20 heavy (non-hydrogen) atoms. The van der Waals surface area contributed by atoms with Crippen LogP contribution in [0, 0.1) is 0 Å². The van der Waals surface area contributed by atoms with E-state index in [1.165, 1.54) is 6.42 Å². The zero-order chi connectivity index (χ0) is 13.7. The molecule has 0 atom stereocenters. The molecule has 0 saturated carbocycles. The third-order valence-corrected chi connectivity index (χ3v) is 3.41. The van der Waals surface area contributed by atoms with Crippen LogP contribution in [0.3, 0.4) is 0 Å². The van der Waals surface area contributed by atoms with Crippen molar-refractivity contribution in [1.82, 2.24) is 15.2 Å². The Hall–Kier alpha value is -0.750. The van der Waals surface area contributed by atoms with Gasteiger partial charge in [-0.05, 0) is 12.5 Å². The summed E-state index contributed by atoms with van der Waals surface area (Å²) in [4.78, 5) is 17.4. The molecule has 0 bridgehead atoms. The van der Waals surface area contributed by atoms with E-state index < -0.39 is 0 Å². The Balaban J connectivity index is 0.00000200. The standard InChI is InChI=1S/C12H15Cl2N3O2.ClH/c13-6-10(18)15-7-9-2-3-11(16-12(9)14)19-8-17-4-1-5-17;/h2-3H,1,4-8H2,(H,15,18);1H. The highest BCUT2D eigenvalue weighted by molar-refractivity contribution is 6.30. The van der Waals surface area contributed by atoms with E-state index in [0.29, 0.717) is 24.3 Å². The van der Waals surface area contributed by atoms with Crippen molar-refractivity contribution in [1.29, 1.82) is 0 Å². The second kappa shape index (κ2) is 8.52. The smallest absolute Gasteiger partial charge is 0.235 e. The van der Waals surface area contributed by atoms with Crippen LogP contribution in [0.5, 0.6) is 5.88 Å². The number of rotatable bonds is 6. The number of nitrogens with zero attached hydrogens (tertiary/aromatic N) is 2. The molecule has 1 aromatic rings. The van der Waals surface area contributed by atoms with Crippen LogP contribution in [0.4, 0.5) is 0 Å². The SMILES string of the molecule is Cl.O=C(CCl)NCc1ccc(OCN2CCC2)nc1Cl. The van der Waals surface area contributed by atoms with E-state index in [1.54, 1.807) is 12.1 Å². The van der Waals surface area contributed by atoms with E-state index in [-0.39, 0.29) is 24.2 Å². The minimum atomic E-state index is -0.240. The van der Waals surface area contributed by atoms with Crippen molar-refractivity contribution >= 4 is 41.5 Å². The molecule has 8 heteroatoms. The van der Waals surface area contributed by atoms with Crippen LogP contribution in [-0.2, 0) is 11.3 Å². The lowest BCUT2D eigenvalue weighted by atomic mass is 10.2. The number of carbonyl (C=O) groups is 1. The number of pyridine rings is 1. The maximum absolute atomic E-state index is 11.0. The van der Waals surface area contributed by atoms with E-state index in [4.69, 9.17) is 27.9 Å². The Kier molecular flexibility index (Phi) is 7.37. The van der Waals surface area contributed by atoms with Gasteiger partial charge in [0.25, 0.3) is 0 Å². The van der Waals surface area contributed by atoms with Gasteiger partial charge in [0.1, 0.15) is 17.8 Å². The third-order valence-electron chi connectivity index (χ3n) is 2.84. The minimum Gasteiger partial charge on any atom is -0.461 e. The number of alkyl halides is 1. The third kappa shape index (κ3) is 4.98. The maximum atomic E-state index is 11.0. The number of likely N-dealkylation sites (tertiary alicyclic amines) is 1. The first-order chi connectivity index (χ1) is 9.19. The first-order valence-electron chi connectivity index (χ1n) is 6.02. The summed E-state index contributed by atoms with van der Waals surface area (Å²) >= 11 is 11.4. The minimum absolute atomic E-state index is 0. The van der Waals surface area contributed by atoms with Crippen molar-refractivity contribution < 1.29 is 9.53 Å². The highest BCUT2D eigenvalue weighted by Gasteiger charge is 2.14. The Labute approximate surface area is 134 Å². The summed E-state index contributed by atoms with van der Waals surface area (Å²) in [6, 6.07) is 3.53. The van der Waals surface area contributed by atoms with E-state index in [9.17, 15) is 4.79 Å². The van der Waals surface area contributed by atoms with Crippen LogP contribution in [0.1, 0.15) is 12.0 Å². The highest BCUT2D eigenvalue weighted by atomic mass is 35.5. The number of carbonyl (C=O) groups excluding carboxylic acids is 1. The number of ether oxygens (including phenoxy) is 1. The predicted molar refractivity (Wildman–Crippen MR) is 80.7 cm³/mol. The van der Waals surface area contributed by atoms with Gasteiger partial charge in [-0.2, -0.15) is 0 Å². The summed E-state index contributed by atoms with van der Waals surface area (Å²) in [5.74, 6) is 0.183. The Bertz CT molecular complexity index is 456. The van der Waals surface area contributed by atoms with Gasteiger partial charge in [-0.3, -0.25) is 9.69 Å². The average Bonchev–Trinajstić information content (AvgIpc) is 2.35. The Morgan fingerprint density at radius 2 is 2.20 bits per heavy atom. The van der Waals surface area contributed by atoms with Crippen molar-refractivity contribution in [3.05, 3.63) is 22.8 Å². The number of amides is 1. The lowest BCUT2D eigenvalue weighted by molar-refractivity contribution is -0.118. The van der Waals surface area contributed by atoms with Gasteiger partial charge in [0.15, 0.2) is 0 Å². The molecule has 1 fully saturated rings. The molecule has 1 saturated heterocycles. The molecule has 0 aromatic carbocycles. The number of nitrogens with one attached hydrogen (secondary N) is 1. The molecule has 1 aromatic heterocycles. The molecule has 112 valence electrons. The molecule has 2 heterocycles. The molecule has 0 radical (unpaired) electrons. The first-order valence-corrected chi connectivity index (χ1v) is 6.93. The topological polar surface area (TPSA) is 54.5 Å². The lowest BCUT2D eigenvalue weighted by Gasteiger charge is -2.29. The van der Waals surface area contributed by atoms with Gasteiger partial charge in [-0.1, -0.05) is 11.6 Å². The van der Waals surface area contributed by atoms with Gasteiger partial charge in [-0.25, -0.2) is 4.98 Å². The number of aromatic nitrogens is 1. The second-order valence-corrected chi connectivity index (χ2v) is 4.88. The fourth-order valence-corrected chi connectivity index (χ4v) is 1.88. The van der Waals surface area contributed by atoms with Crippen molar-refractivity contribution in [2.45, 2.75) is 13.0 Å². The van der Waals surface area contributed by atoms with Crippen LogP contribution in [-0.4, -0.2) is 41.5 Å². The van der Waals surface area contributed by atoms with Crippen molar-refractivity contribution in [3.63, 3.8) is 0 Å². The van der Waals surface area contributed by atoms with Gasteiger partial charge in [-0.15, -0.1) is 24.0 Å². The largest absolute Gasteiger partial charge is 0.461 e. The number of hydrogen-bond acceptors (Lipinski definition) is 4. The summed E-state index contributed by atoms with van der Waals surface area (Å²) in [7, 11) is 0. The quantitative estimate of drug-likeness (QED) is 0.636. The molecule has 1 amide bonds. The van der Waals surface area contributed by atoms with E-state index in [2.05, 4.69) is 15.2 Å². The van der Waals surface area contributed by atoms with Crippen LogP contribution < -0.4 is 10.1 Å². The van der Waals surface area contributed by atoms with Crippen molar-refractivity contribution in [2.24, 2.45) is 0 Å². The van der Waals surface area contributed by atoms with Crippen LogP contribution in [0.25, 0.3) is 0 Å². The first kappa shape index (κ1) is 17.3. The molecule has 1 aliphatic rings. The van der Waals surface area contributed by atoms with Crippen LogP contribution >= 0.6 is 35.6 Å². The molecular formula is C12H16Cl3N3O2. The molecule has 5 nitrogen and oxygen atoms in total. The zero-order valence-corrected chi connectivity index (χ0v) is 13.1. The van der Waals surface area contributed by atoms with Crippen molar-refractivity contribution in [2.75, 3.05) is 25.7 Å². The van der Waals surface area contributed by atoms with Gasteiger partial charge in [0, 0.05) is 31.3 Å². The second-order valence-electron chi connectivity index (χ2n) is 4.25. The summed E-state index contributed by atoms with van der Waals surface area (Å²) in [5.41, 5.74) is 0.733. The summed E-state index contributed by atoms with van der Waals surface area (Å²) < 4.78 is 5.51. The van der Waals surface area contributed by atoms with E-state index >= 15 is 0 Å². The maximum Gasteiger partial charge on any atom is 0.235 e. The summed E-state index contributed by atoms with van der Waals surface area (Å²) in [5, 5.41) is 2.96. The van der Waals surface area contributed by atoms with Crippen molar-refractivity contribution in [3.8, 4) is 5.88 Å².